The summed E-state index contributed by atoms with van der Waals surface area (Å²) in [4.78, 5) is 17.2. The van der Waals surface area contributed by atoms with E-state index in [-0.39, 0.29) is 0 Å². The fourth-order valence-corrected chi connectivity index (χ4v) is 4.46. The molecule has 1 saturated carbocycles. The van der Waals surface area contributed by atoms with Crippen molar-refractivity contribution in [3.05, 3.63) is 0 Å². The number of amides is 1. The molecule has 3 atom stereocenters. The Morgan fingerprint density at radius 3 is 2.81 bits per heavy atom. The molecule has 2 N–H and O–H groups in total. The van der Waals surface area contributed by atoms with Crippen molar-refractivity contribution in [2.75, 3.05) is 26.2 Å². The van der Waals surface area contributed by atoms with E-state index < -0.39 is 0 Å². The maximum Gasteiger partial charge on any atom is 0.222 e. The monoisotopic (exact) mass is 293 g/mol. The van der Waals surface area contributed by atoms with E-state index in [2.05, 4.69) is 9.80 Å². The van der Waals surface area contributed by atoms with E-state index >= 15 is 0 Å². The van der Waals surface area contributed by atoms with Crippen LogP contribution in [0.4, 0.5) is 0 Å². The number of nitrogens with zero attached hydrogens (tertiary/aromatic N) is 2. The van der Waals surface area contributed by atoms with E-state index in [9.17, 15) is 4.79 Å². The highest BCUT2D eigenvalue weighted by atomic mass is 16.2. The first kappa shape index (κ1) is 15.3. The van der Waals surface area contributed by atoms with Crippen molar-refractivity contribution < 1.29 is 4.79 Å². The summed E-state index contributed by atoms with van der Waals surface area (Å²) in [5, 5.41) is 0. The van der Waals surface area contributed by atoms with Crippen LogP contribution in [0.5, 0.6) is 0 Å². The lowest BCUT2D eigenvalue weighted by atomic mass is 9.83. The summed E-state index contributed by atoms with van der Waals surface area (Å²) in [6, 6.07) is 1.02. The third-order valence-corrected chi connectivity index (χ3v) is 5.78. The molecule has 0 aromatic rings. The molecular weight excluding hydrogens is 262 g/mol. The van der Waals surface area contributed by atoms with Gasteiger partial charge >= 0.3 is 0 Å². The van der Waals surface area contributed by atoms with Crippen LogP contribution in [0.2, 0.25) is 0 Å². The van der Waals surface area contributed by atoms with Gasteiger partial charge in [-0.2, -0.15) is 0 Å². The Morgan fingerprint density at radius 1 is 1.05 bits per heavy atom. The third-order valence-electron chi connectivity index (χ3n) is 5.78. The number of hydrogen-bond acceptors (Lipinski definition) is 3. The highest BCUT2D eigenvalue weighted by Gasteiger charge is 2.31. The van der Waals surface area contributed by atoms with E-state index in [0.717, 1.165) is 38.9 Å². The van der Waals surface area contributed by atoms with E-state index in [1.807, 2.05) is 0 Å². The standard InChI is InChI=1S/C17H31N3O/c18-15-5-3-4-14(12-15)7-8-17(21)20-11-10-19-9-2-1-6-16(19)13-20/h14-16H,1-13,18H2. The Labute approximate surface area is 129 Å². The first-order valence-corrected chi connectivity index (χ1v) is 9.00. The number of carbonyl (C=O) groups is 1. The van der Waals surface area contributed by atoms with Gasteiger partial charge in [-0.3, -0.25) is 9.69 Å². The minimum atomic E-state index is 0.379. The second-order valence-corrected chi connectivity index (χ2v) is 7.36. The molecule has 21 heavy (non-hydrogen) atoms. The number of hydrogen-bond donors (Lipinski definition) is 1. The molecule has 0 spiro atoms. The van der Waals surface area contributed by atoms with Crippen molar-refractivity contribution in [2.24, 2.45) is 11.7 Å². The average Bonchev–Trinajstić information content (AvgIpc) is 2.52. The molecule has 3 fully saturated rings. The topological polar surface area (TPSA) is 49.6 Å². The van der Waals surface area contributed by atoms with Gasteiger partial charge in [0, 0.05) is 38.1 Å². The minimum Gasteiger partial charge on any atom is -0.340 e. The van der Waals surface area contributed by atoms with Crippen LogP contribution >= 0.6 is 0 Å². The van der Waals surface area contributed by atoms with Crippen LogP contribution < -0.4 is 5.73 Å². The normalized spacial score (nSPS) is 34.5. The fourth-order valence-electron chi connectivity index (χ4n) is 4.46. The van der Waals surface area contributed by atoms with Crippen LogP contribution in [-0.4, -0.2) is 54.0 Å². The lowest BCUT2D eigenvalue weighted by molar-refractivity contribution is -0.135. The first-order valence-electron chi connectivity index (χ1n) is 9.00. The molecular formula is C17H31N3O. The van der Waals surface area contributed by atoms with Gasteiger partial charge in [-0.25, -0.2) is 0 Å². The van der Waals surface area contributed by atoms with Gasteiger partial charge in [0.15, 0.2) is 0 Å². The van der Waals surface area contributed by atoms with Gasteiger partial charge in [0.1, 0.15) is 0 Å². The zero-order chi connectivity index (χ0) is 14.7. The Hall–Kier alpha value is -0.610. The zero-order valence-electron chi connectivity index (χ0n) is 13.3. The van der Waals surface area contributed by atoms with E-state index in [1.165, 1.54) is 45.1 Å². The predicted octanol–water partition coefficient (Wildman–Crippen LogP) is 1.98. The number of piperazine rings is 1. The van der Waals surface area contributed by atoms with Crippen LogP contribution in [0.15, 0.2) is 0 Å². The van der Waals surface area contributed by atoms with Gasteiger partial charge in [0.05, 0.1) is 0 Å². The van der Waals surface area contributed by atoms with Crippen molar-refractivity contribution in [1.29, 1.82) is 0 Å². The summed E-state index contributed by atoms with van der Waals surface area (Å²) >= 11 is 0. The first-order chi connectivity index (χ1) is 10.2. The lowest BCUT2D eigenvalue weighted by Gasteiger charge is -2.44. The van der Waals surface area contributed by atoms with Crippen LogP contribution in [0.3, 0.4) is 0 Å². The SMILES string of the molecule is NC1CCCC(CCC(=O)N2CCN3CCCCC3C2)C1. The van der Waals surface area contributed by atoms with Gasteiger partial charge in [-0.15, -0.1) is 0 Å². The highest BCUT2D eigenvalue weighted by molar-refractivity contribution is 5.76. The van der Waals surface area contributed by atoms with Gasteiger partial charge in [0.25, 0.3) is 0 Å². The molecule has 0 bridgehead atoms. The molecule has 3 aliphatic rings. The summed E-state index contributed by atoms with van der Waals surface area (Å²) in [6.07, 6.45) is 10.6. The molecule has 1 aliphatic carbocycles. The van der Waals surface area contributed by atoms with Crippen LogP contribution in [0, 0.1) is 5.92 Å². The summed E-state index contributed by atoms with van der Waals surface area (Å²) in [7, 11) is 0. The number of rotatable bonds is 3. The lowest BCUT2D eigenvalue weighted by Crippen LogP contribution is -2.56. The maximum absolute atomic E-state index is 12.5. The largest absolute Gasteiger partial charge is 0.340 e. The van der Waals surface area contributed by atoms with Crippen molar-refractivity contribution in [1.82, 2.24) is 9.80 Å². The predicted molar refractivity (Wildman–Crippen MR) is 85.0 cm³/mol. The van der Waals surface area contributed by atoms with Crippen molar-refractivity contribution in [3.8, 4) is 0 Å². The second-order valence-electron chi connectivity index (χ2n) is 7.36. The summed E-state index contributed by atoms with van der Waals surface area (Å²) in [6.45, 7) is 4.25. The zero-order valence-corrected chi connectivity index (χ0v) is 13.3. The van der Waals surface area contributed by atoms with Gasteiger partial charge in [0.2, 0.25) is 5.91 Å². The van der Waals surface area contributed by atoms with Crippen LogP contribution in [0.1, 0.15) is 57.8 Å². The third kappa shape index (κ3) is 3.98. The molecule has 0 aromatic heterocycles. The van der Waals surface area contributed by atoms with Crippen molar-refractivity contribution in [3.63, 3.8) is 0 Å². The molecule has 4 nitrogen and oxygen atoms in total. The Balaban J connectivity index is 1.43. The number of piperidine rings is 1. The number of fused-ring (bicyclic) bond motifs is 1. The van der Waals surface area contributed by atoms with Crippen molar-refractivity contribution >= 4 is 5.91 Å². The van der Waals surface area contributed by atoms with Crippen LogP contribution in [-0.2, 0) is 4.79 Å². The highest BCUT2D eigenvalue weighted by Crippen LogP contribution is 2.27. The summed E-state index contributed by atoms with van der Waals surface area (Å²) < 4.78 is 0. The molecule has 120 valence electrons. The number of carbonyl (C=O) groups excluding carboxylic acids is 1. The molecule has 0 aromatic carbocycles. The molecule has 2 saturated heterocycles. The minimum absolute atomic E-state index is 0.379. The Morgan fingerprint density at radius 2 is 1.95 bits per heavy atom. The van der Waals surface area contributed by atoms with Crippen LogP contribution in [0.25, 0.3) is 0 Å². The summed E-state index contributed by atoms with van der Waals surface area (Å²) in [5.74, 6) is 1.08. The van der Waals surface area contributed by atoms with Gasteiger partial charge in [-0.1, -0.05) is 19.3 Å². The molecule has 3 unspecified atom stereocenters. The average molecular weight is 293 g/mol. The van der Waals surface area contributed by atoms with Gasteiger partial charge in [-0.05, 0) is 44.6 Å². The van der Waals surface area contributed by atoms with Crippen molar-refractivity contribution in [2.45, 2.75) is 69.9 Å². The molecule has 0 radical (unpaired) electrons. The molecule has 4 heteroatoms. The number of nitrogens with two attached hydrogens (primary N) is 1. The van der Waals surface area contributed by atoms with E-state index in [4.69, 9.17) is 5.73 Å². The maximum atomic E-state index is 12.5. The fraction of sp³-hybridized carbons (Fsp3) is 0.941. The molecule has 2 aliphatic heterocycles. The Kier molecular flexibility index (Phi) is 5.17. The molecule has 1 amide bonds. The molecule has 3 rings (SSSR count). The second kappa shape index (κ2) is 7.10. The molecule has 2 heterocycles. The smallest absolute Gasteiger partial charge is 0.222 e. The van der Waals surface area contributed by atoms with E-state index in [1.54, 1.807) is 0 Å². The quantitative estimate of drug-likeness (QED) is 0.865. The van der Waals surface area contributed by atoms with E-state index in [0.29, 0.717) is 23.9 Å². The summed E-state index contributed by atoms with van der Waals surface area (Å²) in [5.41, 5.74) is 6.05. The van der Waals surface area contributed by atoms with Gasteiger partial charge < -0.3 is 10.6 Å². The Bertz CT molecular complexity index is 360.